The maximum atomic E-state index is 5.71. The molecule has 0 saturated carbocycles. The molecular weight excluding hydrogens is 264 g/mol. The van der Waals surface area contributed by atoms with Gasteiger partial charge in [-0.3, -0.25) is 0 Å². The molecule has 2 aromatic rings. The lowest BCUT2D eigenvalue weighted by Crippen LogP contribution is -1.97. The molecule has 2 aromatic carbocycles. The van der Waals surface area contributed by atoms with Gasteiger partial charge < -0.3 is 4.74 Å². The van der Waals surface area contributed by atoms with Gasteiger partial charge in [0.25, 0.3) is 0 Å². The van der Waals surface area contributed by atoms with Crippen LogP contribution in [0.2, 0.25) is 0 Å². The van der Waals surface area contributed by atoms with Crippen molar-refractivity contribution in [1.82, 2.24) is 0 Å². The molecule has 0 unspecified atom stereocenters. The SMILES string of the molecule is CCCCCCc1c(OC)c(SC)cc2ccccc12. The van der Waals surface area contributed by atoms with Gasteiger partial charge in [-0.2, -0.15) is 0 Å². The van der Waals surface area contributed by atoms with Crippen LogP contribution in [0.3, 0.4) is 0 Å². The smallest absolute Gasteiger partial charge is 0.136 e. The van der Waals surface area contributed by atoms with E-state index in [1.165, 1.54) is 46.9 Å². The van der Waals surface area contributed by atoms with Crippen LogP contribution < -0.4 is 4.74 Å². The van der Waals surface area contributed by atoms with Crippen molar-refractivity contribution in [2.24, 2.45) is 0 Å². The molecule has 0 saturated heterocycles. The Labute approximate surface area is 126 Å². The second kappa shape index (κ2) is 7.58. The molecule has 0 amide bonds. The van der Waals surface area contributed by atoms with Crippen LogP contribution in [-0.2, 0) is 6.42 Å². The first-order valence-electron chi connectivity index (χ1n) is 7.44. The van der Waals surface area contributed by atoms with Crippen LogP contribution in [0, 0.1) is 0 Å². The number of thioether (sulfide) groups is 1. The van der Waals surface area contributed by atoms with Crippen molar-refractivity contribution in [2.75, 3.05) is 13.4 Å². The Balaban J connectivity index is 2.41. The largest absolute Gasteiger partial charge is 0.495 e. The number of benzene rings is 2. The van der Waals surface area contributed by atoms with Crippen LogP contribution >= 0.6 is 11.8 Å². The maximum Gasteiger partial charge on any atom is 0.136 e. The molecule has 108 valence electrons. The molecule has 0 spiro atoms. The van der Waals surface area contributed by atoms with Gasteiger partial charge in [0.15, 0.2) is 0 Å². The summed E-state index contributed by atoms with van der Waals surface area (Å²) in [7, 11) is 1.79. The summed E-state index contributed by atoms with van der Waals surface area (Å²) in [5.41, 5.74) is 1.38. The molecule has 0 N–H and O–H groups in total. The molecule has 0 bridgehead atoms. The predicted octanol–water partition coefficient (Wildman–Crippen LogP) is 5.69. The van der Waals surface area contributed by atoms with Gasteiger partial charge in [-0.05, 0) is 35.9 Å². The van der Waals surface area contributed by atoms with Crippen molar-refractivity contribution in [3.63, 3.8) is 0 Å². The van der Waals surface area contributed by atoms with Crippen molar-refractivity contribution < 1.29 is 4.74 Å². The number of unbranched alkanes of at least 4 members (excludes halogenated alkanes) is 3. The molecule has 0 aromatic heterocycles. The number of rotatable bonds is 7. The monoisotopic (exact) mass is 288 g/mol. The zero-order chi connectivity index (χ0) is 14.4. The summed E-state index contributed by atoms with van der Waals surface area (Å²) in [4.78, 5) is 1.25. The number of hydrogen-bond donors (Lipinski definition) is 0. The third-order valence-corrected chi connectivity index (χ3v) is 4.52. The average Bonchev–Trinajstić information content (AvgIpc) is 2.50. The summed E-state index contributed by atoms with van der Waals surface area (Å²) in [5.74, 6) is 1.08. The van der Waals surface area contributed by atoms with E-state index in [9.17, 15) is 0 Å². The van der Waals surface area contributed by atoms with Crippen molar-refractivity contribution in [3.8, 4) is 5.75 Å². The van der Waals surface area contributed by atoms with Crippen molar-refractivity contribution >= 4 is 22.5 Å². The van der Waals surface area contributed by atoms with Crippen LogP contribution in [0.1, 0.15) is 38.2 Å². The van der Waals surface area contributed by atoms with Crippen LogP contribution in [0.15, 0.2) is 35.2 Å². The van der Waals surface area contributed by atoms with Gasteiger partial charge in [-0.25, -0.2) is 0 Å². The highest BCUT2D eigenvalue weighted by atomic mass is 32.2. The highest BCUT2D eigenvalue weighted by molar-refractivity contribution is 7.98. The standard InChI is InChI=1S/C18H24OS/c1-4-5-6-7-12-16-15-11-9-8-10-14(15)13-17(20-3)18(16)19-2/h8-11,13H,4-7,12H2,1-3H3. The van der Waals surface area contributed by atoms with Crippen molar-refractivity contribution in [2.45, 2.75) is 43.9 Å². The first-order valence-corrected chi connectivity index (χ1v) is 8.66. The fraction of sp³-hybridized carbons (Fsp3) is 0.444. The molecule has 0 heterocycles. The normalized spacial score (nSPS) is 10.9. The van der Waals surface area contributed by atoms with Crippen LogP contribution in [0.5, 0.6) is 5.75 Å². The van der Waals surface area contributed by atoms with E-state index < -0.39 is 0 Å². The Hall–Kier alpha value is -1.15. The molecule has 0 aliphatic heterocycles. The third kappa shape index (κ3) is 3.29. The first-order chi connectivity index (χ1) is 9.81. The van der Waals surface area contributed by atoms with Crippen LogP contribution in [0.25, 0.3) is 10.8 Å². The topological polar surface area (TPSA) is 9.23 Å². The maximum absolute atomic E-state index is 5.71. The first kappa shape index (κ1) is 15.2. The van der Waals surface area contributed by atoms with Gasteiger partial charge >= 0.3 is 0 Å². The summed E-state index contributed by atoms with van der Waals surface area (Å²) in [6.45, 7) is 2.25. The fourth-order valence-corrected chi connectivity index (χ4v) is 3.36. The number of aryl methyl sites for hydroxylation is 1. The molecule has 0 atom stereocenters. The summed E-state index contributed by atoms with van der Waals surface area (Å²) >= 11 is 1.77. The second-order valence-electron chi connectivity index (χ2n) is 5.12. The quantitative estimate of drug-likeness (QED) is 0.478. The lowest BCUT2D eigenvalue weighted by Gasteiger charge is -2.16. The van der Waals surface area contributed by atoms with Crippen molar-refractivity contribution in [1.29, 1.82) is 0 Å². The van der Waals surface area contributed by atoms with Gasteiger partial charge in [-0.15, -0.1) is 11.8 Å². The van der Waals surface area contributed by atoms with Gasteiger partial charge in [-0.1, -0.05) is 50.5 Å². The van der Waals surface area contributed by atoms with Gasteiger partial charge in [0.1, 0.15) is 5.75 Å². The van der Waals surface area contributed by atoms with Crippen LogP contribution in [-0.4, -0.2) is 13.4 Å². The molecule has 0 fully saturated rings. The Morgan fingerprint density at radius 2 is 1.90 bits per heavy atom. The van der Waals surface area contributed by atoms with E-state index in [1.54, 1.807) is 18.9 Å². The highest BCUT2D eigenvalue weighted by Crippen LogP contribution is 2.38. The summed E-state index contributed by atoms with van der Waals surface area (Å²) in [6.07, 6.45) is 8.38. The minimum atomic E-state index is 1.08. The van der Waals surface area contributed by atoms with Crippen molar-refractivity contribution in [3.05, 3.63) is 35.9 Å². The lowest BCUT2D eigenvalue weighted by atomic mass is 9.98. The molecule has 2 heteroatoms. The van der Waals surface area contributed by atoms with Gasteiger partial charge in [0.2, 0.25) is 0 Å². The molecule has 0 radical (unpaired) electrons. The molecule has 1 nitrogen and oxygen atoms in total. The Morgan fingerprint density at radius 1 is 1.10 bits per heavy atom. The van der Waals surface area contributed by atoms with E-state index in [0.29, 0.717) is 0 Å². The molecule has 2 rings (SSSR count). The molecule has 0 aliphatic rings. The third-order valence-electron chi connectivity index (χ3n) is 3.77. The molecule has 20 heavy (non-hydrogen) atoms. The fourth-order valence-electron chi connectivity index (χ4n) is 2.73. The zero-order valence-corrected chi connectivity index (χ0v) is 13.6. The summed E-state index contributed by atoms with van der Waals surface area (Å²) in [5, 5.41) is 2.67. The molecular formula is C18H24OS. The number of ether oxygens (including phenoxy) is 1. The summed E-state index contributed by atoms with van der Waals surface area (Å²) in [6, 6.07) is 10.9. The Bertz CT molecular complexity index is 563. The number of hydrogen-bond acceptors (Lipinski definition) is 2. The predicted molar refractivity (Wildman–Crippen MR) is 90.1 cm³/mol. The van der Waals surface area contributed by atoms with E-state index >= 15 is 0 Å². The van der Waals surface area contributed by atoms with E-state index in [2.05, 4.69) is 43.5 Å². The van der Waals surface area contributed by atoms with E-state index in [1.807, 2.05) is 0 Å². The number of fused-ring (bicyclic) bond motifs is 1. The summed E-state index contributed by atoms with van der Waals surface area (Å²) < 4.78 is 5.71. The van der Waals surface area contributed by atoms with Gasteiger partial charge in [0.05, 0.1) is 7.11 Å². The zero-order valence-electron chi connectivity index (χ0n) is 12.7. The minimum absolute atomic E-state index is 1.08. The van der Waals surface area contributed by atoms with E-state index in [-0.39, 0.29) is 0 Å². The Morgan fingerprint density at radius 3 is 2.60 bits per heavy atom. The van der Waals surface area contributed by atoms with E-state index in [4.69, 9.17) is 4.74 Å². The Kier molecular flexibility index (Phi) is 5.78. The minimum Gasteiger partial charge on any atom is -0.495 e. The second-order valence-corrected chi connectivity index (χ2v) is 5.97. The average molecular weight is 288 g/mol. The molecule has 0 aliphatic carbocycles. The lowest BCUT2D eigenvalue weighted by molar-refractivity contribution is 0.400. The van der Waals surface area contributed by atoms with E-state index in [0.717, 1.165) is 12.2 Å². The highest BCUT2D eigenvalue weighted by Gasteiger charge is 2.13. The van der Waals surface area contributed by atoms with Gasteiger partial charge in [0, 0.05) is 10.5 Å². The number of methoxy groups -OCH3 is 1. The van der Waals surface area contributed by atoms with Crippen LogP contribution in [0.4, 0.5) is 0 Å².